The van der Waals surface area contributed by atoms with Crippen LogP contribution in [-0.4, -0.2) is 29.7 Å². The minimum absolute atomic E-state index is 0.537. The van der Waals surface area contributed by atoms with E-state index in [0.29, 0.717) is 17.6 Å². The van der Waals surface area contributed by atoms with Crippen molar-refractivity contribution in [2.45, 2.75) is 6.42 Å². The quantitative estimate of drug-likeness (QED) is 0.574. The van der Waals surface area contributed by atoms with Crippen LogP contribution in [0, 0.1) is 5.92 Å². The van der Waals surface area contributed by atoms with Gasteiger partial charge in [0.05, 0.1) is 6.61 Å². The molecule has 0 aliphatic carbocycles. The number of nitrogens with two attached hydrogens (primary N) is 1. The van der Waals surface area contributed by atoms with E-state index in [-0.39, 0.29) is 0 Å². The Labute approximate surface area is 123 Å². The summed E-state index contributed by atoms with van der Waals surface area (Å²) < 4.78 is 5.38. The highest BCUT2D eigenvalue weighted by Crippen LogP contribution is 2.20. The maximum absolute atomic E-state index is 5.50. The topological polar surface area (TPSA) is 85.1 Å². The Kier molecular flexibility index (Phi) is 4.28. The Morgan fingerprint density at radius 2 is 2.00 bits per heavy atom. The number of nitrogens with zero attached hydrogens (tertiary/aromatic N) is 2. The number of nitrogens with one attached hydrogen (secondary N) is 2. The average molecular weight is 285 g/mol. The van der Waals surface area contributed by atoms with Crippen molar-refractivity contribution >= 4 is 11.6 Å². The summed E-state index contributed by atoms with van der Waals surface area (Å²) >= 11 is 0. The zero-order chi connectivity index (χ0) is 14.5. The number of nitrogen functional groups attached to an aromatic ring is 1. The predicted molar refractivity (Wildman–Crippen MR) is 82.7 cm³/mol. The third-order valence-electron chi connectivity index (χ3n) is 3.50. The minimum Gasteiger partial charge on any atom is -0.381 e. The van der Waals surface area contributed by atoms with E-state index < -0.39 is 0 Å². The molecule has 0 spiro atoms. The summed E-state index contributed by atoms with van der Waals surface area (Å²) in [6.45, 7) is 2.50. The fourth-order valence-corrected chi connectivity index (χ4v) is 2.32. The summed E-state index contributed by atoms with van der Waals surface area (Å²) in [5.41, 5.74) is 3.55. The molecule has 1 aromatic carbocycles. The van der Waals surface area contributed by atoms with Crippen molar-refractivity contribution in [2.75, 3.05) is 30.5 Å². The molecule has 6 nitrogen and oxygen atoms in total. The minimum atomic E-state index is 0.537. The molecule has 1 unspecified atom stereocenters. The van der Waals surface area contributed by atoms with Gasteiger partial charge in [0.25, 0.3) is 0 Å². The van der Waals surface area contributed by atoms with Gasteiger partial charge in [-0.25, -0.2) is 15.8 Å². The first-order valence-corrected chi connectivity index (χ1v) is 7.08. The van der Waals surface area contributed by atoms with Crippen LogP contribution in [0.25, 0.3) is 11.4 Å². The Bertz CT molecular complexity index is 584. The van der Waals surface area contributed by atoms with Gasteiger partial charge in [0.15, 0.2) is 5.82 Å². The fourth-order valence-electron chi connectivity index (χ4n) is 2.32. The van der Waals surface area contributed by atoms with Crippen molar-refractivity contribution < 1.29 is 4.74 Å². The molecule has 1 aliphatic rings. The van der Waals surface area contributed by atoms with Crippen molar-refractivity contribution in [3.63, 3.8) is 0 Å². The van der Waals surface area contributed by atoms with Gasteiger partial charge in [-0.2, -0.15) is 0 Å². The smallest absolute Gasteiger partial charge is 0.163 e. The van der Waals surface area contributed by atoms with Gasteiger partial charge in [0, 0.05) is 30.7 Å². The van der Waals surface area contributed by atoms with Crippen LogP contribution in [0.1, 0.15) is 6.42 Å². The van der Waals surface area contributed by atoms with Gasteiger partial charge in [0.2, 0.25) is 0 Å². The van der Waals surface area contributed by atoms with Crippen molar-refractivity contribution in [1.82, 2.24) is 9.97 Å². The average Bonchev–Trinajstić information content (AvgIpc) is 3.07. The lowest BCUT2D eigenvalue weighted by Gasteiger charge is -2.12. The highest BCUT2D eigenvalue weighted by atomic mass is 16.5. The van der Waals surface area contributed by atoms with Gasteiger partial charge in [-0.05, 0) is 6.42 Å². The van der Waals surface area contributed by atoms with Crippen LogP contribution >= 0.6 is 0 Å². The van der Waals surface area contributed by atoms with E-state index in [4.69, 9.17) is 10.6 Å². The van der Waals surface area contributed by atoms with E-state index in [0.717, 1.165) is 37.6 Å². The van der Waals surface area contributed by atoms with E-state index >= 15 is 0 Å². The number of benzene rings is 1. The maximum atomic E-state index is 5.50. The van der Waals surface area contributed by atoms with Gasteiger partial charge < -0.3 is 15.5 Å². The normalized spacial score (nSPS) is 17.7. The molecule has 21 heavy (non-hydrogen) atoms. The molecule has 0 bridgehead atoms. The van der Waals surface area contributed by atoms with Crippen LogP contribution in [0.2, 0.25) is 0 Å². The first-order chi connectivity index (χ1) is 10.3. The lowest BCUT2D eigenvalue weighted by atomic mass is 10.1. The summed E-state index contributed by atoms with van der Waals surface area (Å²) in [7, 11) is 0. The third-order valence-corrected chi connectivity index (χ3v) is 3.50. The molecule has 4 N–H and O–H groups in total. The first kappa shape index (κ1) is 13.8. The number of hydrogen-bond acceptors (Lipinski definition) is 6. The Morgan fingerprint density at radius 3 is 2.71 bits per heavy atom. The second-order valence-corrected chi connectivity index (χ2v) is 5.08. The molecule has 0 amide bonds. The zero-order valence-corrected chi connectivity index (χ0v) is 11.7. The second kappa shape index (κ2) is 6.51. The van der Waals surface area contributed by atoms with Crippen molar-refractivity contribution in [1.29, 1.82) is 0 Å². The molecular weight excluding hydrogens is 266 g/mol. The first-order valence-electron chi connectivity index (χ1n) is 7.08. The Balaban J connectivity index is 1.79. The third kappa shape index (κ3) is 3.48. The monoisotopic (exact) mass is 285 g/mol. The van der Waals surface area contributed by atoms with Crippen molar-refractivity contribution in [3.05, 3.63) is 36.4 Å². The van der Waals surface area contributed by atoms with Gasteiger partial charge in [-0.1, -0.05) is 30.3 Å². The zero-order valence-electron chi connectivity index (χ0n) is 11.7. The maximum Gasteiger partial charge on any atom is 0.163 e. The number of hydrazine groups is 1. The predicted octanol–water partition coefficient (Wildman–Crippen LogP) is 1.88. The molecule has 2 heterocycles. The van der Waals surface area contributed by atoms with Crippen molar-refractivity contribution in [3.8, 4) is 11.4 Å². The van der Waals surface area contributed by atoms with Gasteiger partial charge in [-0.3, -0.25) is 0 Å². The number of hydrogen-bond donors (Lipinski definition) is 3. The van der Waals surface area contributed by atoms with E-state index in [2.05, 4.69) is 20.7 Å². The molecule has 1 atom stereocenters. The van der Waals surface area contributed by atoms with E-state index in [1.807, 2.05) is 36.4 Å². The molecular formula is C15H19N5O. The molecule has 2 aromatic rings. The van der Waals surface area contributed by atoms with Crippen molar-refractivity contribution in [2.24, 2.45) is 11.8 Å². The molecule has 110 valence electrons. The summed E-state index contributed by atoms with van der Waals surface area (Å²) in [5.74, 6) is 8.04. The number of ether oxygens (including phenoxy) is 1. The largest absolute Gasteiger partial charge is 0.381 e. The summed E-state index contributed by atoms with van der Waals surface area (Å²) in [4.78, 5) is 8.94. The molecule has 1 aliphatic heterocycles. The number of rotatable bonds is 5. The van der Waals surface area contributed by atoms with Crippen LogP contribution < -0.4 is 16.6 Å². The van der Waals surface area contributed by atoms with Gasteiger partial charge in [-0.15, -0.1) is 0 Å². The number of aromatic nitrogens is 2. The SMILES string of the molecule is NNc1cc(NCC2CCOC2)nc(-c2ccccc2)n1. The molecule has 1 saturated heterocycles. The summed E-state index contributed by atoms with van der Waals surface area (Å²) in [6, 6.07) is 11.7. The van der Waals surface area contributed by atoms with E-state index in [1.165, 1.54) is 0 Å². The Hall–Kier alpha value is -2.18. The molecule has 1 aromatic heterocycles. The van der Waals surface area contributed by atoms with Crippen LogP contribution in [0.15, 0.2) is 36.4 Å². The molecule has 1 fully saturated rings. The lowest BCUT2D eigenvalue weighted by Crippen LogP contribution is -2.16. The molecule has 0 saturated carbocycles. The molecule has 6 heteroatoms. The molecule has 0 radical (unpaired) electrons. The second-order valence-electron chi connectivity index (χ2n) is 5.08. The van der Waals surface area contributed by atoms with Crippen LogP contribution in [0.4, 0.5) is 11.6 Å². The fraction of sp³-hybridized carbons (Fsp3) is 0.333. The van der Waals surface area contributed by atoms with E-state index in [1.54, 1.807) is 0 Å². The summed E-state index contributed by atoms with van der Waals surface area (Å²) in [6.07, 6.45) is 1.09. The summed E-state index contributed by atoms with van der Waals surface area (Å²) in [5, 5.41) is 3.34. The number of anilines is 2. The van der Waals surface area contributed by atoms with Crippen LogP contribution in [0.3, 0.4) is 0 Å². The Morgan fingerprint density at radius 1 is 1.19 bits per heavy atom. The van der Waals surface area contributed by atoms with Crippen LogP contribution in [-0.2, 0) is 4.74 Å². The highest BCUT2D eigenvalue weighted by Gasteiger charge is 2.15. The highest BCUT2D eigenvalue weighted by molar-refractivity contribution is 5.60. The van der Waals surface area contributed by atoms with E-state index in [9.17, 15) is 0 Å². The van der Waals surface area contributed by atoms with Crippen LogP contribution in [0.5, 0.6) is 0 Å². The van der Waals surface area contributed by atoms with Gasteiger partial charge >= 0.3 is 0 Å². The molecule has 3 rings (SSSR count). The lowest BCUT2D eigenvalue weighted by molar-refractivity contribution is 0.187. The standard InChI is InChI=1S/C15H19N5O/c16-20-14-8-13(17-9-11-6-7-21-10-11)18-15(19-14)12-4-2-1-3-5-12/h1-5,8,11H,6-7,9-10,16H2,(H2,17,18,19,20). The van der Waals surface area contributed by atoms with Gasteiger partial charge in [0.1, 0.15) is 11.6 Å².